The number of rotatable bonds is 10. The predicted octanol–water partition coefficient (Wildman–Crippen LogP) is 0.200. The average molecular weight is 629 g/mol. The van der Waals surface area contributed by atoms with Crippen LogP contribution < -0.4 is 33.9 Å². The largest absolute Gasteiger partial charge is 0.369 e. The van der Waals surface area contributed by atoms with Crippen LogP contribution in [0.25, 0.3) is 0 Å². The Bertz CT molecular complexity index is 1600. The van der Waals surface area contributed by atoms with Gasteiger partial charge in [-0.05, 0) is 61.4 Å². The van der Waals surface area contributed by atoms with E-state index >= 15 is 0 Å². The van der Waals surface area contributed by atoms with Crippen LogP contribution in [-0.4, -0.2) is 40.7 Å². The first-order valence-corrected chi connectivity index (χ1v) is 14.6. The molecule has 0 fully saturated rings. The van der Waals surface area contributed by atoms with Crippen molar-refractivity contribution in [1.29, 1.82) is 0 Å². The normalized spacial score (nSPS) is 16.9. The summed E-state index contributed by atoms with van der Waals surface area (Å²) < 4.78 is 54.5. The zero-order chi connectivity index (χ0) is 30.4. The number of allylic oxidation sites excluding steroid dienone is 2. The number of hydrogen-bond donors (Lipinski definition) is 6. The van der Waals surface area contributed by atoms with Gasteiger partial charge in [-0.2, -0.15) is 16.8 Å². The summed E-state index contributed by atoms with van der Waals surface area (Å²) in [7, 11) is -8.20. The van der Waals surface area contributed by atoms with Gasteiger partial charge in [0.25, 0.3) is 20.0 Å². The number of guanidine groups is 2. The second-order valence-corrected chi connectivity index (χ2v) is 12.1. The fourth-order valence-corrected chi connectivity index (χ4v) is 5.49. The molecule has 0 saturated heterocycles. The lowest BCUT2D eigenvalue weighted by Gasteiger charge is -2.26. The van der Waals surface area contributed by atoms with Crippen molar-refractivity contribution in [3.63, 3.8) is 0 Å². The van der Waals surface area contributed by atoms with Gasteiger partial charge in [-0.3, -0.25) is 0 Å². The van der Waals surface area contributed by atoms with E-state index < -0.39 is 55.7 Å². The Morgan fingerprint density at radius 3 is 1.51 bits per heavy atom. The summed E-state index contributed by atoms with van der Waals surface area (Å²) in [6, 6.07) is 9.98. The summed E-state index contributed by atoms with van der Waals surface area (Å²) in [5, 5.41) is 0.343. The van der Waals surface area contributed by atoms with E-state index in [1.807, 2.05) is 0 Å². The molecule has 0 amide bonds. The molecule has 19 heteroatoms. The molecule has 0 spiro atoms. The van der Waals surface area contributed by atoms with Gasteiger partial charge in [-0.1, -0.05) is 17.7 Å². The molecule has 2 unspecified atom stereocenters. The average Bonchev–Trinajstić information content (AvgIpc) is 2.89. The molecule has 0 aliphatic heterocycles. The molecule has 1 aliphatic carbocycles. The van der Waals surface area contributed by atoms with Gasteiger partial charge in [0.05, 0.1) is 33.0 Å². The third-order valence-corrected chi connectivity index (χ3v) is 8.34. The molecule has 10 N–H and O–H groups in total. The molecule has 2 atom stereocenters. The standard InChI is InChI=1S/C22H25ClN8O8S2/c23-12-1-10-17(19(32)38-28-13-2-6-15(7-3-13)40(34,35)30-21(24)25)18(11-12)20(33)39-29-14-4-8-16(9-5-14)41(36,37)31-22(26)27/h1-9,17-18,28-29H,10-11H2,(H4,24,25,30)(H4,26,27,31). The topological polar surface area (TPSA) is 274 Å². The Morgan fingerprint density at radius 2 is 1.12 bits per heavy atom. The summed E-state index contributed by atoms with van der Waals surface area (Å²) >= 11 is 6.10. The number of carbonyl (C=O) groups is 2. The van der Waals surface area contributed by atoms with Gasteiger partial charge in [0.1, 0.15) is 0 Å². The molecule has 0 aromatic heterocycles. The number of sulfonamides is 2. The third-order valence-electron chi connectivity index (χ3n) is 5.39. The van der Waals surface area contributed by atoms with Crippen LogP contribution >= 0.6 is 11.6 Å². The first kappa shape index (κ1) is 31.0. The first-order valence-electron chi connectivity index (χ1n) is 11.4. The van der Waals surface area contributed by atoms with Crippen LogP contribution in [0.2, 0.25) is 0 Å². The van der Waals surface area contributed by atoms with E-state index in [1.165, 1.54) is 48.5 Å². The number of anilines is 2. The Labute approximate surface area is 239 Å². The number of nitrogens with two attached hydrogens (primary N) is 4. The summed E-state index contributed by atoms with van der Waals surface area (Å²) in [5.74, 6) is -4.89. The molecule has 0 radical (unpaired) electrons. The van der Waals surface area contributed by atoms with Crippen molar-refractivity contribution in [3.05, 3.63) is 59.6 Å². The Balaban J connectivity index is 1.62. The van der Waals surface area contributed by atoms with Crippen LogP contribution in [0.5, 0.6) is 0 Å². The van der Waals surface area contributed by atoms with E-state index in [0.29, 0.717) is 5.03 Å². The Hall–Kier alpha value is -4.55. The molecule has 41 heavy (non-hydrogen) atoms. The minimum absolute atomic E-state index is 0.00508. The van der Waals surface area contributed by atoms with Crippen LogP contribution in [0.4, 0.5) is 11.4 Å². The highest BCUT2D eigenvalue weighted by molar-refractivity contribution is 7.90. The number of nitrogens with zero attached hydrogens (tertiary/aromatic N) is 2. The van der Waals surface area contributed by atoms with Crippen molar-refractivity contribution >= 4 is 66.9 Å². The second-order valence-electron chi connectivity index (χ2n) is 8.38. The summed E-state index contributed by atoms with van der Waals surface area (Å²) in [5.41, 5.74) is 25.7. The zero-order valence-corrected chi connectivity index (χ0v) is 23.3. The quantitative estimate of drug-likeness (QED) is 0.116. The van der Waals surface area contributed by atoms with Gasteiger partial charge in [0.2, 0.25) is 11.9 Å². The fourth-order valence-electron chi connectivity index (χ4n) is 3.51. The molecule has 3 rings (SSSR count). The van der Waals surface area contributed by atoms with E-state index in [1.54, 1.807) is 6.08 Å². The van der Waals surface area contributed by atoms with Crippen LogP contribution in [-0.2, 0) is 39.3 Å². The van der Waals surface area contributed by atoms with Crippen LogP contribution in [0.3, 0.4) is 0 Å². The zero-order valence-electron chi connectivity index (χ0n) is 20.9. The molecule has 2 aromatic rings. The number of hydrogen-bond acceptors (Lipinski definition) is 10. The summed E-state index contributed by atoms with van der Waals surface area (Å²) in [6.07, 6.45) is 1.64. The highest BCUT2D eigenvalue weighted by Gasteiger charge is 2.39. The Morgan fingerprint density at radius 1 is 0.732 bits per heavy atom. The van der Waals surface area contributed by atoms with Crippen LogP contribution in [0.15, 0.2) is 78.2 Å². The first-order chi connectivity index (χ1) is 19.2. The number of benzene rings is 2. The molecule has 1 aliphatic rings. The van der Waals surface area contributed by atoms with E-state index in [9.17, 15) is 26.4 Å². The predicted molar refractivity (Wildman–Crippen MR) is 148 cm³/mol. The van der Waals surface area contributed by atoms with Crippen molar-refractivity contribution < 1.29 is 36.1 Å². The maximum atomic E-state index is 12.8. The minimum Gasteiger partial charge on any atom is -0.369 e. The van der Waals surface area contributed by atoms with Crippen molar-refractivity contribution in [2.24, 2.45) is 43.6 Å². The molecule has 0 bridgehead atoms. The Kier molecular flexibility index (Phi) is 9.63. The van der Waals surface area contributed by atoms with E-state index in [-0.39, 0.29) is 34.0 Å². The SMILES string of the molecule is NC(N)=NS(=O)(=O)c1ccc(NOC(=O)C2CC=C(Cl)CC2C(=O)ONc2ccc(S(=O)(=O)N=C(N)N)cc2)cc1. The van der Waals surface area contributed by atoms with Gasteiger partial charge in [0, 0.05) is 5.03 Å². The highest BCUT2D eigenvalue weighted by atomic mass is 35.5. The molecule has 16 nitrogen and oxygen atoms in total. The van der Waals surface area contributed by atoms with Crippen LogP contribution in [0, 0.1) is 11.8 Å². The van der Waals surface area contributed by atoms with Crippen molar-refractivity contribution in [3.8, 4) is 0 Å². The molecular weight excluding hydrogens is 604 g/mol. The summed E-state index contributed by atoms with van der Waals surface area (Å²) in [4.78, 5) is 35.5. The highest BCUT2D eigenvalue weighted by Crippen LogP contribution is 2.33. The smallest absolute Gasteiger partial charge is 0.336 e. The van der Waals surface area contributed by atoms with E-state index in [2.05, 4.69) is 19.8 Å². The molecule has 220 valence electrons. The number of carbonyl (C=O) groups excluding carboxylic acids is 2. The van der Waals surface area contributed by atoms with Crippen molar-refractivity contribution in [2.45, 2.75) is 22.6 Å². The van der Waals surface area contributed by atoms with Crippen molar-refractivity contribution in [1.82, 2.24) is 0 Å². The maximum Gasteiger partial charge on any atom is 0.336 e. The van der Waals surface area contributed by atoms with Gasteiger partial charge in [-0.25, -0.2) is 20.5 Å². The lowest BCUT2D eigenvalue weighted by atomic mass is 9.83. The van der Waals surface area contributed by atoms with Gasteiger partial charge >= 0.3 is 11.9 Å². The fraction of sp³-hybridized carbons (Fsp3) is 0.182. The molecular formula is C22H25ClN8O8S2. The lowest BCUT2D eigenvalue weighted by Crippen LogP contribution is -2.35. The summed E-state index contributed by atoms with van der Waals surface area (Å²) in [6.45, 7) is 0. The van der Waals surface area contributed by atoms with Gasteiger partial charge in [-0.15, -0.1) is 8.80 Å². The third kappa shape index (κ3) is 8.47. The number of nitrogens with one attached hydrogen (secondary N) is 2. The molecule has 0 saturated carbocycles. The van der Waals surface area contributed by atoms with E-state index in [4.69, 9.17) is 44.2 Å². The molecule has 0 heterocycles. The second kappa shape index (κ2) is 12.7. The number of halogens is 1. The molecule has 2 aromatic carbocycles. The monoisotopic (exact) mass is 628 g/mol. The minimum atomic E-state index is -4.10. The van der Waals surface area contributed by atoms with Gasteiger partial charge in [0.15, 0.2) is 0 Å². The maximum absolute atomic E-state index is 12.8. The van der Waals surface area contributed by atoms with E-state index in [0.717, 1.165) is 0 Å². The van der Waals surface area contributed by atoms with Crippen molar-refractivity contribution in [2.75, 3.05) is 11.0 Å². The lowest BCUT2D eigenvalue weighted by molar-refractivity contribution is -0.157. The van der Waals surface area contributed by atoms with Gasteiger partial charge < -0.3 is 32.6 Å². The van der Waals surface area contributed by atoms with Crippen LogP contribution in [0.1, 0.15) is 12.8 Å².